The van der Waals surface area contributed by atoms with Gasteiger partial charge >= 0.3 is 0 Å². The Kier molecular flexibility index (Phi) is 4.49. The first-order valence-electron chi connectivity index (χ1n) is 10.1. The second-order valence-corrected chi connectivity index (χ2v) is 8.86. The van der Waals surface area contributed by atoms with Crippen LogP contribution in [-0.2, 0) is 0 Å². The van der Waals surface area contributed by atoms with Crippen molar-refractivity contribution in [3.05, 3.63) is 0 Å². The lowest BCUT2D eigenvalue weighted by Gasteiger charge is -2.47. The Balaban J connectivity index is 1.44. The Morgan fingerprint density at radius 2 is 1.77 bits per heavy atom. The van der Waals surface area contributed by atoms with Crippen LogP contribution in [0.15, 0.2) is 0 Å². The summed E-state index contributed by atoms with van der Waals surface area (Å²) >= 11 is 0. The summed E-state index contributed by atoms with van der Waals surface area (Å²) in [5.41, 5.74) is 6.79. The van der Waals surface area contributed by atoms with Crippen LogP contribution in [0.2, 0.25) is 0 Å². The molecule has 0 radical (unpaired) electrons. The highest BCUT2D eigenvalue weighted by Gasteiger charge is 2.53. The highest BCUT2D eigenvalue weighted by molar-refractivity contribution is 4.98. The van der Waals surface area contributed by atoms with Gasteiger partial charge < -0.3 is 11.1 Å². The molecule has 6 unspecified atom stereocenters. The van der Waals surface area contributed by atoms with Crippen LogP contribution in [-0.4, -0.2) is 36.2 Å². The summed E-state index contributed by atoms with van der Waals surface area (Å²) in [6, 6.07) is 1.27. The lowest BCUT2D eigenvalue weighted by atomic mass is 9.68. The van der Waals surface area contributed by atoms with Crippen molar-refractivity contribution in [2.45, 2.75) is 83.0 Å². The summed E-state index contributed by atoms with van der Waals surface area (Å²) in [6.07, 6.45) is 13.6. The van der Waals surface area contributed by atoms with E-state index in [4.69, 9.17) is 5.73 Å². The summed E-state index contributed by atoms with van der Waals surface area (Å²) in [6.45, 7) is 5.14. The van der Waals surface area contributed by atoms with Crippen molar-refractivity contribution in [1.82, 2.24) is 4.90 Å². The van der Waals surface area contributed by atoms with E-state index in [1.54, 1.807) is 0 Å². The number of hydrogen-bond acceptors (Lipinski definition) is 2. The molecule has 126 valence electrons. The molecule has 3 heteroatoms. The molecule has 6 atom stereocenters. The number of hydrogen-bond donors (Lipinski definition) is 2. The summed E-state index contributed by atoms with van der Waals surface area (Å²) in [5.74, 6) is 3.39. The molecule has 22 heavy (non-hydrogen) atoms. The highest BCUT2D eigenvalue weighted by Crippen LogP contribution is 2.38. The van der Waals surface area contributed by atoms with Gasteiger partial charge in [0.2, 0.25) is 0 Å². The van der Waals surface area contributed by atoms with Crippen molar-refractivity contribution in [2.75, 3.05) is 13.1 Å². The predicted molar refractivity (Wildman–Crippen MR) is 90.2 cm³/mol. The van der Waals surface area contributed by atoms with Crippen LogP contribution in [0, 0.1) is 23.7 Å². The van der Waals surface area contributed by atoms with Crippen LogP contribution in [0.5, 0.6) is 0 Å². The minimum absolute atomic E-state index is 0.471. The van der Waals surface area contributed by atoms with Crippen molar-refractivity contribution < 1.29 is 5.32 Å². The van der Waals surface area contributed by atoms with Gasteiger partial charge in [-0.15, -0.1) is 0 Å². The minimum Gasteiger partial charge on any atom is -0.328 e. The molecule has 0 aromatic carbocycles. The number of quaternary nitrogens is 1. The molecule has 2 aliphatic heterocycles. The van der Waals surface area contributed by atoms with E-state index in [9.17, 15) is 0 Å². The zero-order valence-electron chi connectivity index (χ0n) is 14.4. The first-order chi connectivity index (χ1) is 10.7. The number of fused-ring (bicyclic) bond motifs is 2. The molecule has 0 aromatic rings. The van der Waals surface area contributed by atoms with Crippen LogP contribution in [0.25, 0.3) is 0 Å². The summed E-state index contributed by atoms with van der Waals surface area (Å²) in [7, 11) is 0. The lowest BCUT2D eigenvalue weighted by molar-refractivity contribution is -0.765. The van der Waals surface area contributed by atoms with Crippen LogP contribution in [0.4, 0.5) is 0 Å². The first-order valence-corrected chi connectivity index (χ1v) is 10.1. The Labute approximate surface area is 136 Å². The normalized spacial score (nSPS) is 47.2. The van der Waals surface area contributed by atoms with Gasteiger partial charge in [-0.3, -0.25) is 4.90 Å². The Morgan fingerprint density at radius 1 is 0.955 bits per heavy atom. The average molecular weight is 307 g/mol. The zero-order valence-corrected chi connectivity index (χ0v) is 14.4. The molecule has 4 N–H and O–H groups in total. The van der Waals surface area contributed by atoms with E-state index in [1.807, 2.05) is 0 Å². The fraction of sp³-hybridized carbons (Fsp3) is 1.00. The van der Waals surface area contributed by atoms with Crippen LogP contribution in [0.3, 0.4) is 0 Å². The smallest absolute Gasteiger partial charge is 0.146 e. The Bertz CT molecular complexity index is 379. The van der Waals surface area contributed by atoms with Gasteiger partial charge in [-0.05, 0) is 38.0 Å². The number of nitrogens with two attached hydrogens (primary N) is 2. The van der Waals surface area contributed by atoms with Gasteiger partial charge in [-0.25, -0.2) is 0 Å². The molecular weight excluding hydrogens is 270 g/mol. The molecule has 0 bridgehead atoms. The number of piperidine rings is 1. The molecule has 2 heterocycles. The fourth-order valence-corrected chi connectivity index (χ4v) is 6.31. The van der Waals surface area contributed by atoms with Crippen molar-refractivity contribution in [3.63, 3.8) is 0 Å². The number of nitrogens with zero attached hydrogens (tertiary/aromatic N) is 1. The molecule has 3 nitrogen and oxygen atoms in total. The monoisotopic (exact) mass is 306 g/mol. The van der Waals surface area contributed by atoms with E-state index in [2.05, 4.69) is 17.1 Å². The van der Waals surface area contributed by atoms with Crippen molar-refractivity contribution in [3.8, 4) is 0 Å². The SMILES string of the molecule is CC1CCCC2C(N)C3CCN(CC4CCCCC4)C3[NH2+]C12. The Morgan fingerprint density at radius 3 is 2.59 bits per heavy atom. The van der Waals surface area contributed by atoms with E-state index in [0.29, 0.717) is 12.2 Å². The zero-order chi connectivity index (χ0) is 15.1. The molecule has 4 rings (SSSR count). The Hall–Kier alpha value is -0.120. The van der Waals surface area contributed by atoms with Gasteiger partial charge in [0, 0.05) is 36.9 Å². The second-order valence-electron chi connectivity index (χ2n) is 8.86. The summed E-state index contributed by atoms with van der Waals surface area (Å²) in [4.78, 5) is 2.83. The molecular formula is C19H36N3+. The average Bonchev–Trinajstić information content (AvgIpc) is 2.93. The van der Waals surface area contributed by atoms with Gasteiger partial charge in [0.1, 0.15) is 6.17 Å². The largest absolute Gasteiger partial charge is 0.328 e. The van der Waals surface area contributed by atoms with Crippen LogP contribution in [0.1, 0.15) is 64.7 Å². The number of rotatable bonds is 2. The molecule has 0 amide bonds. The molecule has 2 saturated carbocycles. The predicted octanol–water partition coefficient (Wildman–Crippen LogP) is 1.92. The first kappa shape index (κ1) is 15.4. The highest BCUT2D eigenvalue weighted by atomic mass is 15.3. The standard InChI is InChI=1S/C19H35N3/c1-13-6-5-9-15-17(20)16-10-11-22(19(16)21-18(13)15)12-14-7-3-2-4-8-14/h13-19,21H,2-12,20H2,1H3/p+1. The van der Waals surface area contributed by atoms with E-state index in [1.165, 1.54) is 70.9 Å². The van der Waals surface area contributed by atoms with Crippen LogP contribution >= 0.6 is 0 Å². The van der Waals surface area contributed by atoms with E-state index in [-0.39, 0.29) is 0 Å². The van der Waals surface area contributed by atoms with Crippen LogP contribution < -0.4 is 11.1 Å². The van der Waals surface area contributed by atoms with E-state index >= 15 is 0 Å². The molecule has 0 spiro atoms. The van der Waals surface area contributed by atoms with Gasteiger partial charge in [0.15, 0.2) is 0 Å². The summed E-state index contributed by atoms with van der Waals surface area (Å²) in [5, 5.41) is 2.78. The third-order valence-electron chi connectivity index (χ3n) is 7.58. The topological polar surface area (TPSA) is 45.9 Å². The van der Waals surface area contributed by atoms with E-state index < -0.39 is 0 Å². The van der Waals surface area contributed by atoms with Crippen molar-refractivity contribution in [2.24, 2.45) is 29.4 Å². The number of likely N-dealkylation sites (tertiary alicyclic amines) is 1. The lowest BCUT2D eigenvalue weighted by Crippen LogP contribution is -3.04. The molecule has 0 aromatic heterocycles. The van der Waals surface area contributed by atoms with E-state index in [0.717, 1.165) is 29.7 Å². The summed E-state index contributed by atoms with van der Waals surface area (Å²) < 4.78 is 0. The molecule has 4 fully saturated rings. The minimum atomic E-state index is 0.471. The molecule has 2 aliphatic carbocycles. The molecule has 2 saturated heterocycles. The van der Waals surface area contributed by atoms with Gasteiger partial charge in [-0.1, -0.05) is 32.6 Å². The fourth-order valence-electron chi connectivity index (χ4n) is 6.31. The van der Waals surface area contributed by atoms with Crippen molar-refractivity contribution in [1.29, 1.82) is 0 Å². The maximum absolute atomic E-state index is 6.79. The molecule has 4 aliphatic rings. The second kappa shape index (κ2) is 6.41. The van der Waals surface area contributed by atoms with Gasteiger partial charge in [0.05, 0.1) is 6.04 Å². The third kappa shape index (κ3) is 2.74. The maximum atomic E-state index is 6.79. The third-order valence-corrected chi connectivity index (χ3v) is 7.58. The quantitative estimate of drug-likeness (QED) is 0.819. The maximum Gasteiger partial charge on any atom is 0.146 e. The van der Waals surface area contributed by atoms with Gasteiger partial charge in [0.25, 0.3) is 0 Å². The van der Waals surface area contributed by atoms with Gasteiger partial charge in [-0.2, -0.15) is 0 Å². The van der Waals surface area contributed by atoms with Crippen molar-refractivity contribution >= 4 is 0 Å².